The van der Waals surface area contributed by atoms with Crippen LogP contribution in [-0.4, -0.2) is 51.9 Å². The van der Waals surface area contributed by atoms with Gasteiger partial charge in [0.2, 0.25) is 10.0 Å². The second kappa shape index (κ2) is 6.71. The smallest absolute Gasteiger partial charge is 0.246 e. The summed E-state index contributed by atoms with van der Waals surface area (Å²) in [6, 6.07) is 0. The predicted molar refractivity (Wildman–Crippen MR) is 79.1 cm³/mol. The zero-order chi connectivity index (χ0) is 15.5. The van der Waals surface area contributed by atoms with Crippen molar-refractivity contribution in [1.29, 1.82) is 0 Å². The Morgan fingerprint density at radius 3 is 2.20 bits per heavy atom. The van der Waals surface area contributed by atoms with Crippen molar-refractivity contribution in [2.24, 2.45) is 5.73 Å². The van der Waals surface area contributed by atoms with Gasteiger partial charge >= 0.3 is 0 Å². The second-order valence-corrected chi connectivity index (χ2v) is 7.19. The molecule has 0 aliphatic carbocycles. The van der Waals surface area contributed by atoms with Crippen LogP contribution in [0.3, 0.4) is 0 Å². The molecule has 20 heavy (non-hydrogen) atoms. The molecule has 0 fully saturated rings. The number of nitrogens with zero attached hydrogens (tertiary/aromatic N) is 2. The van der Waals surface area contributed by atoms with Crippen molar-refractivity contribution in [2.75, 3.05) is 34.2 Å². The van der Waals surface area contributed by atoms with E-state index in [1.165, 1.54) is 4.31 Å². The molecule has 1 aromatic rings. The normalized spacial score (nSPS) is 12.6. The standard InChI is InChI=1S/C13H25N3O3S/c1-10-12(9-14)13(11(2)19-10)20(17,18)16(5)8-6-7-15(3)4/h6-9,14H2,1-5H3. The first-order valence-electron chi connectivity index (χ1n) is 6.61. The molecule has 0 spiro atoms. The molecular formula is C13H25N3O3S. The predicted octanol–water partition coefficient (Wildman–Crippen LogP) is 0.927. The lowest BCUT2D eigenvalue weighted by molar-refractivity contribution is 0.370. The minimum absolute atomic E-state index is 0.156. The van der Waals surface area contributed by atoms with E-state index in [1.54, 1.807) is 20.9 Å². The van der Waals surface area contributed by atoms with Crippen LogP contribution in [0.25, 0.3) is 0 Å². The number of aryl methyl sites for hydroxylation is 2. The lowest BCUT2D eigenvalue weighted by Crippen LogP contribution is -2.30. The fourth-order valence-corrected chi connectivity index (χ4v) is 3.79. The van der Waals surface area contributed by atoms with Crippen LogP contribution in [0, 0.1) is 13.8 Å². The van der Waals surface area contributed by atoms with Gasteiger partial charge in [0, 0.05) is 25.7 Å². The Labute approximate surface area is 121 Å². The van der Waals surface area contributed by atoms with E-state index >= 15 is 0 Å². The van der Waals surface area contributed by atoms with Gasteiger partial charge < -0.3 is 15.1 Å². The van der Waals surface area contributed by atoms with Crippen molar-refractivity contribution in [3.05, 3.63) is 17.1 Å². The molecule has 1 heterocycles. The summed E-state index contributed by atoms with van der Waals surface area (Å²) in [5.41, 5.74) is 6.22. The molecule has 0 atom stereocenters. The summed E-state index contributed by atoms with van der Waals surface area (Å²) in [7, 11) is 1.97. The summed E-state index contributed by atoms with van der Waals surface area (Å²) in [6.45, 7) is 4.86. The van der Waals surface area contributed by atoms with E-state index in [-0.39, 0.29) is 11.4 Å². The zero-order valence-electron chi connectivity index (χ0n) is 12.9. The summed E-state index contributed by atoms with van der Waals surface area (Å²) in [5.74, 6) is 0.979. The number of rotatable bonds is 7. The number of hydrogen-bond acceptors (Lipinski definition) is 5. The van der Waals surface area contributed by atoms with Crippen LogP contribution >= 0.6 is 0 Å². The van der Waals surface area contributed by atoms with Crippen LogP contribution < -0.4 is 5.73 Å². The maximum absolute atomic E-state index is 12.6. The number of furan rings is 1. The van der Waals surface area contributed by atoms with Gasteiger partial charge in [0.05, 0.1) is 0 Å². The Morgan fingerprint density at radius 2 is 1.70 bits per heavy atom. The third-order valence-corrected chi connectivity index (χ3v) is 5.33. The van der Waals surface area contributed by atoms with E-state index in [0.717, 1.165) is 13.0 Å². The number of nitrogens with two attached hydrogens (primary N) is 1. The van der Waals surface area contributed by atoms with E-state index in [9.17, 15) is 8.42 Å². The molecule has 7 heteroatoms. The monoisotopic (exact) mass is 303 g/mol. The molecule has 0 unspecified atom stereocenters. The van der Waals surface area contributed by atoms with Gasteiger partial charge in [-0.3, -0.25) is 0 Å². The van der Waals surface area contributed by atoms with Gasteiger partial charge in [-0.1, -0.05) is 0 Å². The van der Waals surface area contributed by atoms with Crippen molar-refractivity contribution < 1.29 is 12.8 Å². The molecule has 116 valence electrons. The molecule has 0 bridgehead atoms. The molecule has 0 amide bonds. The Kier molecular flexibility index (Phi) is 5.76. The maximum atomic E-state index is 12.6. The highest BCUT2D eigenvalue weighted by Gasteiger charge is 2.29. The van der Waals surface area contributed by atoms with Crippen LogP contribution in [0.4, 0.5) is 0 Å². The Morgan fingerprint density at radius 1 is 1.10 bits per heavy atom. The average Bonchev–Trinajstić information content (AvgIpc) is 2.63. The zero-order valence-corrected chi connectivity index (χ0v) is 13.7. The molecule has 1 rings (SSSR count). The van der Waals surface area contributed by atoms with Gasteiger partial charge in [0.15, 0.2) is 0 Å². The molecule has 6 nitrogen and oxygen atoms in total. The minimum Gasteiger partial charge on any atom is -0.465 e. The topological polar surface area (TPSA) is 79.8 Å². The van der Waals surface area contributed by atoms with Crippen LogP contribution in [0.1, 0.15) is 23.5 Å². The fourth-order valence-electron chi connectivity index (χ4n) is 2.17. The van der Waals surface area contributed by atoms with E-state index in [2.05, 4.69) is 0 Å². The van der Waals surface area contributed by atoms with E-state index in [0.29, 0.717) is 23.6 Å². The van der Waals surface area contributed by atoms with Crippen molar-refractivity contribution in [3.8, 4) is 0 Å². The highest BCUT2D eigenvalue weighted by molar-refractivity contribution is 7.89. The van der Waals surface area contributed by atoms with E-state index in [4.69, 9.17) is 10.2 Å². The SMILES string of the molecule is Cc1oc(C)c(S(=O)(=O)N(C)CCCN(C)C)c1CN. The lowest BCUT2D eigenvalue weighted by Gasteiger charge is -2.18. The molecule has 0 saturated carbocycles. The van der Waals surface area contributed by atoms with Crippen LogP contribution in [0.15, 0.2) is 9.31 Å². The molecule has 1 aromatic heterocycles. The third-order valence-electron chi connectivity index (χ3n) is 3.28. The van der Waals surface area contributed by atoms with Gasteiger partial charge in [-0.2, -0.15) is 0 Å². The third kappa shape index (κ3) is 3.60. The molecule has 0 radical (unpaired) electrons. The number of sulfonamides is 1. The van der Waals surface area contributed by atoms with Gasteiger partial charge in [0.1, 0.15) is 16.4 Å². The van der Waals surface area contributed by atoms with Crippen molar-refractivity contribution in [3.63, 3.8) is 0 Å². The molecule has 0 saturated heterocycles. The number of hydrogen-bond donors (Lipinski definition) is 1. The minimum atomic E-state index is -3.55. The summed E-state index contributed by atoms with van der Waals surface area (Å²) in [5, 5.41) is 0. The van der Waals surface area contributed by atoms with Crippen LogP contribution in [0.2, 0.25) is 0 Å². The highest BCUT2D eigenvalue weighted by Crippen LogP contribution is 2.28. The Balaban J connectivity index is 2.99. The first-order valence-corrected chi connectivity index (χ1v) is 8.05. The van der Waals surface area contributed by atoms with Gasteiger partial charge in [-0.25, -0.2) is 12.7 Å². The van der Waals surface area contributed by atoms with Gasteiger partial charge in [0.25, 0.3) is 0 Å². The average molecular weight is 303 g/mol. The summed E-state index contributed by atoms with van der Waals surface area (Å²) < 4.78 is 32.0. The van der Waals surface area contributed by atoms with Crippen molar-refractivity contribution in [1.82, 2.24) is 9.21 Å². The summed E-state index contributed by atoms with van der Waals surface area (Å²) >= 11 is 0. The van der Waals surface area contributed by atoms with Crippen molar-refractivity contribution >= 4 is 10.0 Å². The molecule has 0 aromatic carbocycles. The second-order valence-electron chi connectivity index (χ2n) is 5.21. The van der Waals surface area contributed by atoms with Gasteiger partial charge in [-0.15, -0.1) is 0 Å². The molecule has 0 aliphatic rings. The van der Waals surface area contributed by atoms with Crippen LogP contribution in [0.5, 0.6) is 0 Å². The molecular weight excluding hydrogens is 278 g/mol. The summed E-state index contributed by atoms with van der Waals surface area (Å²) in [6.07, 6.45) is 0.774. The van der Waals surface area contributed by atoms with Crippen LogP contribution in [-0.2, 0) is 16.6 Å². The summed E-state index contributed by atoms with van der Waals surface area (Å²) in [4.78, 5) is 2.25. The largest absolute Gasteiger partial charge is 0.465 e. The molecule has 2 N–H and O–H groups in total. The quantitative estimate of drug-likeness (QED) is 0.810. The Hall–Kier alpha value is -0.890. The fraction of sp³-hybridized carbons (Fsp3) is 0.692. The first-order chi connectivity index (χ1) is 9.21. The van der Waals surface area contributed by atoms with Gasteiger partial charge in [-0.05, 0) is 40.9 Å². The lowest BCUT2D eigenvalue weighted by atomic mass is 10.2. The van der Waals surface area contributed by atoms with Crippen molar-refractivity contribution in [2.45, 2.75) is 31.7 Å². The molecule has 0 aliphatic heterocycles. The van der Waals surface area contributed by atoms with E-state index < -0.39 is 10.0 Å². The Bertz CT molecular complexity index is 549. The first kappa shape index (κ1) is 17.2. The van der Waals surface area contributed by atoms with E-state index in [1.807, 2.05) is 19.0 Å². The highest BCUT2D eigenvalue weighted by atomic mass is 32.2. The maximum Gasteiger partial charge on any atom is 0.246 e.